The first kappa shape index (κ1) is 19.3. The van der Waals surface area contributed by atoms with Crippen molar-refractivity contribution in [3.8, 4) is 5.75 Å². The Hall–Kier alpha value is -2.44. The number of ether oxygens (including phenoxy) is 1. The minimum atomic E-state index is -0.225. The zero-order valence-electron chi connectivity index (χ0n) is 15.0. The van der Waals surface area contributed by atoms with Crippen LogP contribution in [0.5, 0.6) is 5.75 Å². The number of carbonyl (C=O) groups is 1. The van der Waals surface area contributed by atoms with Gasteiger partial charge in [-0.25, -0.2) is 0 Å². The van der Waals surface area contributed by atoms with Crippen LogP contribution in [0.1, 0.15) is 28.9 Å². The predicted molar refractivity (Wildman–Crippen MR) is 103 cm³/mol. The molecule has 0 atom stereocenters. The van der Waals surface area contributed by atoms with Gasteiger partial charge in [0.05, 0.1) is 17.3 Å². The molecule has 6 nitrogen and oxygen atoms in total. The maximum absolute atomic E-state index is 12.5. The van der Waals surface area contributed by atoms with Gasteiger partial charge in [0.2, 0.25) is 0 Å². The van der Waals surface area contributed by atoms with Gasteiger partial charge in [-0.1, -0.05) is 23.2 Å². The molecule has 0 aliphatic carbocycles. The summed E-state index contributed by atoms with van der Waals surface area (Å²) < 4.78 is 13.0. The van der Waals surface area contributed by atoms with Crippen LogP contribution in [-0.4, -0.2) is 27.6 Å². The van der Waals surface area contributed by atoms with E-state index < -0.39 is 0 Å². The average molecular weight is 408 g/mol. The SMILES string of the molecule is CCn1ccc(CN(C)C(=O)c2ccc(COc3ccc(Cl)cc3Cl)o2)n1. The van der Waals surface area contributed by atoms with E-state index in [1.165, 1.54) is 0 Å². The molecule has 142 valence electrons. The van der Waals surface area contributed by atoms with E-state index in [-0.39, 0.29) is 18.3 Å². The lowest BCUT2D eigenvalue weighted by atomic mass is 10.3. The summed E-state index contributed by atoms with van der Waals surface area (Å²) in [5, 5.41) is 5.32. The smallest absolute Gasteiger partial charge is 0.289 e. The van der Waals surface area contributed by atoms with Gasteiger partial charge in [-0.2, -0.15) is 5.10 Å². The van der Waals surface area contributed by atoms with Crippen molar-refractivity contribution < 1.29 is 13.9 Å². The number of furan rings is 1. The van der Waals surface area contributed by atoms with Gasteiger partial charge in [0.25, 0.3) is 5.91 Å². The molecular weight excluding hydrogens is 389 g/mol. The van der Waals surface area contributed by atoms with Gasteiger partial charge in [-0.15, -0.1) is 0 Å². The quantitative estimate of drug-likeness (QED) is 0.571. The molecule has 0 saturated heterocycles. The third-order valence-electron chi connectivity index (χ3n) is 3.90. The molecule has 2 heterocycles. The van der Waals surface area contributed by atoms with E-state index in [0.29, 0.717) is 28.1 Å². The van der Waals surface area contributed by atoms with Crippen LogP contribution in [0.25, 0.3) is 0 Å². The highest BCUT2D eigenvalue weighted by Gasteiger charge is 2.17. The normalized spacial score (nSPS) is 10.8. The highest BCUT2D eigenvalue weighted by Crippen LogP contribution is 2.28. The third kappa shape index (κ3) is 4.84. The van der Waals surface area contributed by atoms with E-state index in [1.807, 2.05) is 23.9 Å². The molecule has 1 amide bonds. The summed E-state index contributed by atoms with van der Waals surface area (Å²) in [4.78, 5) is 14.1. The van der Waals surface area contributed by atoms with Gasteiger partial charge in [-0.3, -0.25) is 9.48 Å². The topological polar surface area (TPSA) is 60.5 Å². The van der Waals surface area contributed by atoms with Gasteiger partial charge >= 0.3 is 0 Å². The molecule has 8 heteroatoms. The molecule has 0 N–H and O–H groups in total. The second kappa shape index (κ2) is 8.50. The molecule has 0 bridgehead atoms. The van der Waals surface area contributed by atoms with E-state index in [1.54, 1.807) is 42.3 Å². The van der Waals surface area contributed by atoms with Crippen molar-refractivity contribution in [2.75, 3.05) is 7.05 Å². The molecular formula is C19H19Cl2N3O3. The molecule has 0 aliphatic heterocycles. The highest BCUT2D eigenvalue weighted by molar-refractivity contribution is 6.35. The zero-order chi connectivity index (χ0) is 19.4. The Balaban J connectivity index is 1.59. The molecule has 0 saturated carbocycles. The lowest BCUT2D eigenvalue weighted by Gasteiger charge is -2.14. The Morgan fingerprint density at radius 2 is 2.07 bits per heavy atom. The number of nitrogens with zero attached hydrogens (tertiary/aromatic N) is 3. The number of aryl methyl sites for hydroxylation is 1. The van der Waals surface area contributed by atoms with Gasteiger partial charge in [0.1, 0.15) is 18.1 Å². The first-order chi connectivity index (χ1) is 13.0. The fourth-order valence-electron chi connectivity index (χ4n) is 2.48. The number of rotatable bonds is 7. The Morgan fingerprint density at radius 1 is 1.26 bits per heavy atom. The van der Waals surface area contributed by atoms with Crippen molar-refractivity contribution in [1.29, 1.82) is 0 Å². The monoisotopic (exact) mass is 407 g/mol. The lowest BCUT2D eigenvalue weighted by molar-refractivity contribution is 0.0747. The molecule has 0 fully saturated rings. The molecule has 0 aliphatic rings. The first-order valence-electron chi connectivity index (χ1n) is 8.40. The highest BCUT2D eigenvalue weighted by atomic mass is 35.5. The van der Waals surface area contributed by atoms with Crippen molar-refractivity contribution in [3.63, 3.8) is 0 Å². The van der Waals surface area contributed by atoms with Crippen LogP contribution in [0.2, 0.25) is 10.0 Å². The second-order valence-corrected chi connectivity index (χ2v) is 6.80. The average Bonchev–Trinajstić information content (AvgIpc) is 3.29. The third-order valence-corrected chi connectivity index (χ3v) is 4.43. The van der Waals surface area contributed by atoms with Gasteiger partial charge in [0, 0.05) is 24.8 Å². The molecule has 0 spiro atoms. The number of amides is 1. The number of aromatic nitrogens is 2. The molecule has 1 aromatic carbocycles. The van der Waals surface area contributed by atoms with E-state index >= 15 is 0 Å². The van der Waals surface area contributed by atoms with Crippen LogP contribution in [0.15, 0.2) is 47.0 Å². The van der Waals surface area contributed by atoms with Gasteiger partial charge < -0.3 is 14.1 Å². The van der Waals surface area contributed by atoms with Crippen LogP contribution in [0.4, 0.5) is 0 Å². The number of benzene rings is 1. The molecule has 0 unspecified atom stereocenters. The molecule has 3 rings (SSSR count). The summed E-state index contributed by atoms with van der Waals surface area (Å²) >= 11 is 11.9. The standard InChI is InChI=1S/C19H19Cl2N3O3/c1-3-24-9-8-14(22-24)11-23(2)19(25)18-7-5-15(27-18)12-26-17-6-4-13(20)10-16(17)21/h4-10H,3,11-12H2,1-2H3. The summed E-state index contributed by atoms with van der Waals surface area (Å²) in [6, 6.07) is 10.2. The lowest BCUT2D eigenvalue weighted by Crippen LogP contribution is -2.26. The predicted octanol–water partition coefficient (Wildman–Crippen LogP) is 4.65. The molecule has 27 heavy (non-hydrogen) atoms. The van der Waals surface area contributed by atoms with Crippen LogP contribution >= 0.6 is 23.2 Å². The van der Waals surface area contributed by atoms with E-state index in [9.17, 15) is 4.79 Å². The fraction of sp³-hybridized carbons (Fsp3) is 0.263. The number of hydrogen-bond acceptors (Lipinski definition) is 4. The van der Waals surface area contributed by atoms with Crippen LogP contribution in [0, 0.1) is 0 Å². The first-order valence-corrected chi connectivity index (χ1v) is 9.16. The van der Waals surface area contributed by atoms with Crippen LogP contribution in [-0.2, 0) is 19.7 Å². The van der Waals surface area contributed by atoms with Gasteiger partial charge in [0.15, 0.2) is 5.76 Å². The number of halogens is 2. The Bertz CT molecular complexity index is 936. The summed E-state index contributed by atoms with van der Waals surface area (Å²) in [6.07, 6.45) is 1.89. The van der Waals surface area contributed by atoms with E-state index in [0.717, 1.165) is 12.2 Å². The molecule has 2 aromatic heterocycles. The minimum Gasteiger partial charge on any atom is -0.484 e. The molecule has 3 aromatic rings. The Morgan fingerprint density at radius 3 is 2.78 bits per heavy atom. The van der Waals surface area contributed by atoms with Crippen molar-refractivity contribution in [2.45, 2.75) is 26.6 Å². The van der Waals surface area contributed by atoms with Crippen molar-refractivity contribution >= 4 is 29.1 Å². The van der Waals surface area contributed by atoms with Crippen molar-refractivity contribution in [3.05, 3.63) is 69.9 Å². The zero-order valence-corrected chi connectivity index (χ0v) is 16.5. The summed E-state index contributed by atoms with van der Waals surface area (Å²) in [6.45, 7) is 3.35. The number of hydrogen-bond donors (Lipinski definition) is 0. The van der Waals surface area contributed by atoms with Crippen LogP contribution in [0.3, 0.4) is 0 Å². The maximum Gasteiger partial charge on any atom is 0.289 e. The maximum atomic E-state index is 12.5. The summed E-state index contributed by atoms with van der Waals surface area (Å²) in [7, 11) is 1.71. The van der Waals surface area contributed by atoms with Crippen LogP contribution < -0.4 is 4.74 Å². The van der Waals surface area contributed by atoms with E-state index in [4.69, 9.17) is 32.4 Å². The van der Waals surface area contributed by atoms with Crippen molar-refractivity contribution in [2.24, 2.45) is 0 Å². The second-order valence-electron chi connectivity index (χ2n) is 5.95. The Labute approximate surface area is 167 Å². The summed E-state index contributed by atoms with van der Waals surface area (Å²) in [5.74, 6) is 1.03. The summed E-state index contributed by atoms with van der Waals surface area (Å²) in [5.41, 5.74) is 0.820. The Kier molecular flexibility index (Phi) is 6.08. The number of carbonyl (C=O) groups excluding carboxylic acids is 1. The molecule has 0 radical (unpaired) electrons. The minimum absolute atomic E-state index is 0.152. The fourth-order valence-corrected chi connectivity index (χ4v) is 2.94. The largest absolute Gasteiger partial charge is 0.484 e. The van der Waals surface area contributed by atoms with E-state index in [2.05, 4.69) is 5.10 Å². The van der Waals surface area contributed by atoms with Gasteiger partial charge in [-0.05, 0) is 43.3 Å². The van der Waals surface area contributed by atoms with Crippen molar-refractivity contribution in [1.82, 2.24) is 14.7 Å².